The van der Waals surface area contributed by atoms with Gasteiger partial charge in [0.1, 0.15) is 0 Å². The van der Waals surface area contributed by atoms with Crippen LogP contribution in [0.1, 0.15) is 32.3 Å². The Morgan fingerprint density at radius 2 is 2.26 bits per heavy atom. The van der Waals surface area contributed by atoms with Crippen molar-refractivity contribution >= 4 is 29.4 Å². The van der Waals surface area contributed by atoms with Crippen molar-refractivity contribution in [2.45, 2.75) is 37.1 Å². The second-order valence-corrected chi connectivity index (χ2v) is 6.54. The molecule has 3 nitrogen and oxygen atoms in total. The predicted molar refractivity (Wildman–Crippen MR) is 82.3 cm³/mol. The molecule has 1 aliphatic heterocycles. The summed E-state index contributed by atoms with van der Waals surface area (Å²) in [4.78, 5) is 12.5. The highest BCUT2D eigenvalue weighted by Crippen LogP contribution is 2.32. The van der Waals surface area contributed by atoms with Gasteiger partial charge in [0.25, 0.3) is 0 Å². The third-order valence-corrected chi connectivity index (χ3v) is 3.98. The van der Waals surface area contributed by atoms with Gasteiger partial charge in [-0.05, 0) is 44.4 Å². The van der Waals surface area contributed by atoms with E-state index in [1.54, 1.807) is 11.8 Å². The first-order valence-corrected chi connectivity index (χ1v) is 7.45. The minimum atomic E-state index is -0.120. The second-order valence-electron chi connectivity index (χ2n) is 5.52. The molecule has 2 rings (SSSR count). The second kappa shape index (κ2) is 5.80. The van der Waals surface area contributed by atoms with Gasteiger partial charge in [-0.15, -0.1) is 11.8 Å². The summed E-state index contributed by atoms with van der Waals surface area (Å²) in [6.45, 7) is 4.07. The molecule has 0 radical (unpaired) electrons. The van der Waals surface area contributed by atoms with Gasteiger partial charge in [-0.2, -0.15) is 0 Å². The van der Waals surface area contributed by atoms with Crippen LogP contribution in [0.2, 0.25) is 0 Å². The standard InChI is InChI=1S/C15H20N2OS/c1-15(2,16)8-4-3-5-11-6-7-13-12(9-11)17-14(18)10-19-13/h3,5-7,9H,4,8,10,16H2,1-2H3,(H,17,18)/b5-3+. The van der Waals surface area contributed by atoms with Crippen molar-refractivity contribution in [3.63, 3.8) is 0 Å². The molecule has 0 saturated carbocycles. The van der Waals surface area contributed by atoms with Crippen LogP contribution in [0.25, 0.3) is 6.08 Å². The molecule has 0 saturated heterocycles. The Morgan fingerprint density at radius 1 is 1.47 bits per heavy atom. The number of hydrogen-bond acceptors (Lipinski definition) is 3. The van der Waals surface area contributed by atoms with Crippen LogP contribution in [0, 0.1) is 0 Å². The summed E-state index contributed by atoms with van der Waals surface area (Å²) in [6.07, 6.45) is 6.13. The van der Waals surface area contributed by atoms with Gasteiger partial charge in [0, 0.05) is 10.4 Å². The van der Waals surface area contributed by atoms with Gasteiger partial charge in [0.05, 0.1) is 11.4 Å². The highest BCUT2D eigenvalue weighted by atomic mass is 32.2. The van der Waals surface area contributed by atoms with Crippen molar-refractivity contribution in [2.24, 2.45) is 5.73 Å². The number of thioether (sulfide) groups is 1. The maximum absolute atomic E-state index is 11.3. The molecule has 1 amide bonds. The molecule has 1 heterocycles. The molecule has 1 aromatic rings. The normalized spacial score (nSPS) is 15.4. The van der Waals surface area contributed by atoms with Crippen LogP contribution in [0.4, 0.5) is 5.69 Å². The van der Waals surface area contributed by atoms with Gasteiger partial charge in [0.2, 0.25) is 5.91 Å². The van der Waals surface area contributed by atoms with E-state index in [2.05, 4.69) is 29.6 Å². The van der Waals surface area contributed by atoms with E-state index in [9.17, 15) is 4.79 Å². The van der Waals surface area contributed by atoms with Crippen molar-refractivity contribution < 1.29 is 4.79 Å². The molecule has 3 N–H and O–H groups in total. The molecule has 0 spiro atoms. The first kappa shape index (κ1) is 14.2. The van der Waals surface area contributed by atoms with E-state index in [1.807, 2.05) is 19.9 Å². The van der Waals surface area contributed by atoms with Gasteiger partial charge in [-0.25, -0.2) is 0 Å². The number of anilines is 1. The summed E-state index contributed by atoms with van der Waals surface area (Å²) >= 11 is 1.58. The van der Waals surface area contributed by atoms with E-state index >= 15 is 0 Å². The van der Waals surface area contributed by atoms with Gasteiger partial charge in [0.15, 0.2) is 0 Å². The molecule has 1 aromatic carbocycles. The smallest absolute Gasteiger partial charge is 0.234 e. The van der Waals surface area contributed by atoms with Gasteiger partial charge < -0.3 is 11.1 Å². The van der Waals surface area contributed by atoms with Crippen molar-refractivity contribution in [1.29, 1.82) is 0 Å². The Morgan fingerprint density at radius 3 is 3.00 bits per heavy atom. The van der Waals surface area contributed by atoms with Crippen molar-refractivity contribution in [2.75, 3.05) is 11.1 Å². The molecule has 0 bridgehead atoms. The Kier molecular flexibility index (Phi) is 4.32. The lowest BCUT2D eigenvalue weighted by Crippen LogP contribution is -2.31. The number of rotatable bonds is 4. The number of carbonyl (C=O) groups excluding carboxylic acids is 1. The molecule has 1 aliphatic rings. The molecule has 102 valence electrons. The summed E-state index contributed by atoms with van der Waals surface area (Å²) in [7, 11) is 0. The molecule has 4 heteroatoms. The SMILES string of the molecule is CC(C)(N)CC/C=C/c1ccc2c(c1)NC(=O)CS2. The molecule has 19 heavy (non-hydrogen) atoms. The molecule has 0 atom stereocenters. The lowest BCUT2D eigenvalue weighted by molar-refractivity contribution is -0.113. The number of nitrogens with two attached hydrogens (primary N) is 1. The molecule has 0 unspecified atom stereocenters. The van der Waals surface area contributed by atoms with Gasteiger partial charge >= 0.3 is 0 Å². The van der Waals surface area contributed by atoms with Gasteiger partial charge in [-0.3, -0.25) is 4.79 Å². The van der Waals surface area contributed by atoms with Crippen LogP contribution in [-0.2, 0) is 4.79 Å². The number of fused-ring (bicyclic) bond motifs is 1. The zero-order valence-corrected chi connectivity index (χ0v) is 12.2. The number of amides is 1. The average molecular weight is 276 g/mol. The number of carbonyl (C=O) groups is 1. The van der Waals surface area contributed by atoms with Crippen LogP contribution in [0.3, 0.4) is 0 Å². The Hall–Kier alpha value is -1.26. The number of nitrogens with one attached hydrogen (secondary N) is 1. The Balaban J connectivity index is 2.00. The van der Waals surface area contributed by atoms with Crippen molar-refractivity contribution in [3.05, 3.63) is 29.8 Å². The van der Waals surface area contributed by atoms with Crippen LogP contribution in [-0.4, -0.2) is 17.2 Å². The van der Waals surface area contributed by atoms with E-state index in [4.69, 9.17) is 5.73 Å². The average Bonchev–Trinajstić information content (AvgIpc) is 2.33. The van der Waals surface area contributed by atoms with Crippen LogP contribution < -0.4 is 11.1 Å². The minimum absolute atomic E-state index is 0.0727. The van der Waals surface area contributed by atoms with E-state index in [-0.39, 0.29) is 11.4 Å². The first-order chi connectivity index (χ1) is 8.94. The Bertz CT molecular complexity index is 503. The van der Waals surface area contributed by atoms with Crippen molar-refractivity contribution in [1.82, 2.24) is 0 Å². The molecule has 0 aromatic heterocycles. The third-order valence-electron chi connectivity index (χ3n) is 2.90. The van der Waals surface area contributed by atoms with Gasteiger partial charge in [-0.1, -0.05) is 18.2 Å². The minimum Gasteiger partial charge on any atom is -0.326 e. The zero-order valence-electron chi connectivity index (χ0n) is 11.4. The fraction of sp³-hybridized carbons (Fsp3) is 0.400. The number of allylic oxidation sites excluding steroid dienone is 1. The summed E-state index contributed by atoms with van der Waals surface area (Å²) in [5, 5.41) is 2.90. The van der Waals surface area contributed by atoms with E-state index in [0.717, 1.165) is 29.0 Å². The maximum Gasteiger partial charge on any atom is 0.234 e. The lowest BCUT2D eigenvalue weighted by Gasteiger charge is -2.17. The van der Waals surface area contributed by atoms with Crippen molar-refractivity contribution in [3.8, 4) is 0 Å². The third kappa shape index (κ3) is 4.40. The predicted octanol–water partition coefficient (Wildman–Crippen LogP) is 3.26. The summed E-state index contributed by atoms with van der Waals surface area (Å²) in [6, 6.07) is 6.16. The topological polar surface area (TPSA) is 55.1 Å². The molecule has 0 fully saturated rings. The van der Waals surface area contributed by atoms with E-state index in [1.165, 1.54) is 0 Å². The quantitative estimate of drug-likeness (QED) is 0.887. The number of benzene rings is 1. The monoisotopic (exact) mass is 276 g/mol. The van der Waals surface area contributed by atoms with Crippen LogP contribution >= 0.6 is 11.8 Å². The largest absolute Gasteiger partial charge is 0.326 e. The fourth-order valence-corrected chi connectivity index (χ4v) is 2.67. The zero-order chi connectivity index (χ0) is 13.9. The summed E-state index contributed by atoms with van der Waals surface area (Å²) < 4.78 is 0. The Labute approximate surface area is 118 Å². The van der Waals surface area contributed by atoms with Crippen LogP contribution in [0.15, 0.2) is 29.2 Å². The van der Waals surface area contributed by atoms with Crippen LogP contribution in [0.5, 0.6) is 0 Å². The fourth-order valence-electron chi connectivity index (χ4n) is 1.88. The highest BCUT2D eigenvalue weighted by Gasteiger charge is 2.14. The summed E-state index contributed by atoms with van der Waals surface area (Å²) in [5.41, 5.74) is 7.84. The lowest BCUT2D eigenvalue weighted by atomic mass is 10.00. The first-order valence-electron chi connectivity index (χ1n) is 6.46. The maximum atomic E-state index is 11.3. The summed E-state index contributed by atoms with van der Waals surface area (Å²) in [5.74, 6) is 0.580. The molecular weight excluding hydrogens is 256 g/mol. The highest BCUT2D eigenvalue weighted by molar-refractivity contribution is 8.00. The molecule has 0 aliphatic carbocycles. The van der Waals surface area contributed by atoms with E-state index < -0.39 is 0 Å². The number of hydrogen-bond donors (Lipinski definition) is 2. The molecular formula is C15H20N2OS. The van der Waals surface area contributed by atoms with E-state index in [0.29, 0.717) is 5.75 Å².